The molecule has 0 spiro atoms. The van der Waals surface area contributed by atoms with Gasteiger partial charge >= 0.3 is 12.1 Å². The van der Waals surface area contributed by atoms with Crippen molar-refractivity contribution in [2.24, 2.45) is 16.5 Å². The number of likely N-dealkylation sites (tertiary alicyclic amines) is 1. The number of piperidine rings is 1. The minimum Gasteiger partial charge on any atom is -0.475 e. The van der Waals surface area contributed by atoms with E-state index in [4.69, 9.17) is 26.1 Å². The van der Waals surface area contributed by atoms with Crippen LogP contribution in [0.5, 0.6) is 0 Å². The second-order valence-electron chi connectivity index (χ2n) is 12.5. The number of aliphatic carboxylic acids is 1. The van der Waals surface area contributed by atoms with Gasteiger partial charge in [-0.2, -0.15) is 13.2 Å². The fourth-order valence-electron chi connectivity index (χ4n) is 6.03. The predicted molar refractivity (Wildman–Crippen MR) is 188 cm³/mol. The van der Waals surface area contributed by atoms with E-state index in [1.54, 1.807) is 4.90 Å². The van der Waals surface area contributed by atoms with Crippen molar-refractivity contribution in [3.63, 3.8) is 0 Å². The number of rotatable bonds is 12. The molecule has 5 rings (SSSR count). The fourth-order valence-corrected chi connectivity index (χ4v) is 6.03. The third-order valence-electron chi connectivity index (χ3n) is 8.62. The number of carboxylic acids is 1. The number of fused-ring (bicyclic) bond motifs is 1. The number of carboxylic acid groups (broad SMARTS) is 1. The highest BCUT2D eigenvalue weighted by Gasteiger charge is 2.43. The molecular weight excluding hydrogens is 683 g/mol. The first-order valence-corrected chi connectivity index (χ1v) is 16.9. The van der Waals surface area contributed by atoms with Gasteiger partial charge in [0.05, 0.1) is 25.3 Å². The zero-order chi connectivity index (χ0) is 37.7. The zero-order valence-corrected chi connectivity index (χ0v) is 28.5. The van der Waals surface area contributed by atoms with E-state index in [0.717, 1.165) is 41.3 Å². The lowest BCUT2D eigenvalue weighted by molar-refractivity contribution is -0.192. The van der Waals surface area contributed by atoms with Crippen molar-refractivity contribution in [2.45, 2.75) is 69.1 Å². The molecule has 0 bridgehead atoms. The van der Waals surface area contributed by atoms with Crippen molar-refractivity contribution in [3.8, 4) is 0 Å². The Bertz CT molecular complexity index is 1700. The molecule has 3 amide bonds. The number of benzene rings is 3. The smallest absolute Gasteiger partial charge is 0.475 e. The zero-order valence-electron chi connectivity index (χ0n) is 28.5. The molecule has 0 saturated carbocycles. The first-order valence-electron chi connectivity index (χ1n) is 16.9. The number of guanidine groups is 1. The van der Waals surface area contributed by atoms with E-state index in [2.05, 4.69) is 45.2 Å². The van der Waals surface area contributed by atoms with E-state index >= 15 is 0 Å². The van der Waals surface area contributed by atoms with Crippen molar-refractivity contribution in [1.29, 1.82) is 0 Å². The minimum atomic E-state index is -5.08. The number of hydrogen-bond acceptors (Lipinski definition) is 7. The number of carbonyl (C=O) groups excluding carboxylic acids is 3. The summed E-state index contributed by atoms with van der Waals surface area (Å²) in [6.45, 7) is 1.77. The summed E-state index contributed by atoms with van der Waals surface area (Å²) in [5.74, 6) is -3.65. The number of amides is 3. The molecule has 0 unspecified atom stereocenters. The van der Waals surface area contributed by atoms with Gasteiger partial charge in [0, 0.05) is 25.9 Å². The highest BCUT2D eigenvalue weighted by molar-refractivity contribution is 5.94. The maximum atomic E-state index is 14.3. The minimum absolute atomic E-state index is 0.0592. The highest BCUT2D eigenvalue weighted by Crippen LogP contribution is 2.25. The van der Waals surface area contributed by atoms with Gasteiger partial charge in [-0.05, 0) is 47.4 Å². The third kappa shape index (κ3) is 11.9. The van der Waals surface area contributed by atoms with Crippen molar-refractivity contribution in [3.05, 3.63) is 83.9 Å². The number of aliphatic imine (C=N–C) groups is 1. The maximum absolute atomic E-state index is 14.3. The first-order chi connectivity index (χ1) is 24.8. The van der Waals surface area contributed by atoms with Crippen molar-refractivity contribution in [1.82, 2.24) is 20.9 Å². The average molecular weight is 728 g/mol. The standard InChI is InChI=1S/C34H43N7O4.C2HF3O2/c35-34(36)39-17-16-38-32(43)30-20-27(45-22-24-13-14-25-10-4-5-11-26(25)18-24)21-41(30)33(44)29(19-23-8-2-1-3-9-23)40-31(42)28-12-6-7-15-37-28;3-2(4,5)1(6)7/h1-5,8-11,13-14,18,27-30,37H,6-7,12,15-17,19-22H2,(H,38,43)(H,40,42)(H4,35,36,39);(H,6,7)/t27-,28+,29-,30-;/m1./s1. The van der Waals surface area contributed by atoms with Gasteiger partial charge in [-0.1, -0.05) is 73.2 Å². The van der Waals surface area contributed by atoms with Crippen LogP contribution in [0.1, 0.15) is 36.8 Å². The van der Waals surface area contributed by atoms with Crippen LogP contribution in [-0.2, 0) is 36.9 Å². The van der Waals surface area contributed by atoms with Crippen LogP contribution in [0, 0.1) is 0 Å². The monoisotopic (exact) mass is 727 g/mol. The molecule has 280 valence electrons. The Morgan fingerprint density at radius 1 is 0.962 bits per heavy atom. The summed E-state index contributed by atoms with van der Waals surface area (Å²) in [4.78, 5) is 55.4. The number of carbonyl (C=O) groups is 4. The topological polar surface area (TPSA) is 201 Å². The number of hydrogen-bond donors (Lipinski definition) is 6. The summed E-state index contributed by atoms with van der Waals surface area (Å²) in [5, 5.41) is 18.5. The van der Waals surface area contributed by atoms with E-state index in [9.17, 15) is 27.6 Å². The van der Waals surface area contributed by atoms with E-state index in [1.807, 2.05) is 48.5 Å². The van der Waals surface area contributed by atoms with Crippen molar-refractivity contribution in [2.75, 3.05) is 26.2 Å². The van der Waals surface area contributed by atoms with Crippen molar-refractivity contribution >= 4 is 40.4 Å². The molecule has 0 aromatic heterocycles. The molecule has 3 aromatic carbocycles. The van der Waals surface area contributed by atoms with Crippen molar-refractivity contribution < 1.29 is 42.2 Å². The third-order valence-corrected chi connectivity index (χ3v) is 8.62. The molecule has 2 saturated heterocycles. The largest absolute Gasteiger partial charge is 0.490 e. The van der Waals surface area contributed by atoms with Crippen LogP contribution in [0.3, 0.4) is 0 Å². The highest BCUT2D eigenvalue weighted by atomic mass is 19.4. The quantitative estimate of drug-likeness (QED) is 0.0920. The molecule has 0 aliphatic carbocycles. The van der Waals surface area contributed by atoms with Gasteiger partial charge in [0.2, 0.25) is 17.7 Å². The van der Waals surface area contributed by atoms with Crippen LogP contribution in [-0.4, -0.2) is 96.2 Å². The molecule has 16 heteroatoms. The molecule has 2 heterocycles. The molecule has 13 nitrogen and oxygen atoms in total. The molecule has 2 aliphatic heterocycles. The average Bonchev–Trinajstić information content (AvgIpc) is 3.57. The second-order valence-corrected chi connectivity index (χ2v) is 12.5. The van der Waals surface area contributed by atoms with Gasteiger partial charge in [0.25, 0.3) is 0 Å². The number of nitrogens with zero attached hydrogens (tertiary/aromatic N) is 2. The molecule has 3 aromatic rings. The number of nitrogens with one attached hydrogen (secondary N) is 3. The molecule has 52 heavy (non-hydrogen) atoms. The lowest BCUT2D eigenvalue weighted by Crippen LogP contribution is -2.57. The van der Waals surface area contributed by atoms with Gasteiger partial charge in [-0.3, -0.25) is 19.4 Å². The normalized spacial score (nSPS) is 19.1. The Balaban J connectivity index is 0.000000785. The van der Waals surface area contributed by atoms with Gasteiger partial charge in [-0.15, -0.1) is 0 Å². The summed E-state index contributed by atoms with van der Waals surface area (Å²) in [6.07, 6.45) is -2.15. The number of alkyl halides is 3. The lowest BCUT2D eigenvalue weighted by atomic mass is 10.0. The van der Waals surface area contributed by atoms with Crippen LogP contribution < -0.4 is 27.4 Å². The van der Waals surface area contributed by atoms with Crippen LogP contribution in [0.25, 0.3) is 10.8 Å². The van der Waals surface area contributed by atoms with Gasteiger partial charge < -0.3 is 42.2 Å². The Morgan fingerprint density at radius 2 is 1.65 bits per heavy atom. The van der Waals surface area contributed by atoms with E-state index in [-0.39, 0.29) is 55.5 Å². The van der Waals surface area contributed by atoms with Crippen LogP contribution in [0.4, 0.5) is 13.2 Å². The molecule has 2 aliphatic rings. The Labute approximate surface area is 298 Å². The number of nitrogens with two attached hydrogens (primary N) is 2. The molecule has 0 radical (unpaired) electrons. The van der Waals surface area contributed by atoms with E-state index < -0.39 is 24.2 Å². The molecule has 2 fully saturated rings. The van der Waals surface area contributed by atoms with Gasteiger partial charge in [0.1, 0.15) is 12.1 Å². The summed E-state index contributed by atoms with van der Waals surface area (Å²) < 4.78 is 38.0. The molecule has 4 atom stereocenters. The molecular formula is C36H44F3N7O6. The fraction of sp³-hybridized carbons (Fsp3) is 0.417. The molecule has 8 N–H and O–H groups in total. The van der Waals surface area contributed by atoms with Crippen LogP contribution in [0.2, 0.25) is 0 Å². The Morgan fingerprint density at radius 3 is 2.31 bits per heavy atom. The van der Waals surface area contributed by atoms with E-state index in [1.165, 1.54) is 0 Å². The van der Waals surface area contributed by atoms with Crippen LogP contribution >= 0.6 is 0 Å². The van der Waals surface area contributed by atoms with Crippen LogP contribution in [0.15, 0.2) is 77.8 Å². The van der Waals surface area contributed by atoms with E-state index in [0.29, 0.717) is 25.9 Å². The number of ether oxygens (including phenoxy) is 1. The Hall–Kier alpha value is -5.22. The second kappa shape index (κ2) is 18.9. The lowest BCUT2D eigenvalue weighted by Gasteiger charge is -2.30. The first kappa shape index (κ1) is 39.6. The maximum Gasteiger partial charge on any atom is 0.490 e. The number of halogens is 3. The van der Waals surface area contributed by atoms with Gasteiger partial charge in [-0.25, -0.2) is 4.79 Å². The summed E-state index contributed by atoms with van der Waals surface area (Å²) >= 11 is 0. The SMILES string of the molecule is NC(N)=NCCNC(=O)[C@H]1C[C@@H](OCc2ccc3ccccc3c2)CN1C(=O)[C@@H](Cc1ccccc1)NC(=O)[C@@H]1CCCCN1.O=C(O)C(F)(F)F. The summed E-state index contributed by atoms with van der Waals surface area (Å²) in [5.41, 5.74) is 12.8. The summed E-state index contributed by atoms with van der Waals surface area (Å²) in [6, 6.07) is 21.9. The summed E-state index contributed by atoms with van der Waals surface area (Å²) in [7, 11) is 0. The predicted octanol–water partition coefficient (Wildman–Crippen LogP) is 2.22. The Kier molecular flexibility index (Phi) is 14.3. The van der Waals surface area contributed by atoms with Gasteiger partial charge in [0.15, 0.2) is 5.96 Å².